The van der Waals surface area contributed by atoms with Crippen molar-refractivity contribution in [2.45, 2.75) is 13.8 Å². The quantitative estimate of drug-likeness (QED) is 0.648. The number of H-pyrrole nitrogens is 1. The van der Waals surface area contributed by atoms with Gasteiger partial charge in [-0.25, -0.2) is 9.97 Å². The van der Waals surface area contributed by atoms with Crippen LogP contribution < -0.4 is 5.56 Å². The fourth-order valence-electron chi connectivity index (χ4n) is 1.36. The number of hydrogen-bond donors (Lipinski definition) is 1. The summed E-state index contributed by atoms with van der Waals surface area (Å²) in [6.45, 7) is 3.65. The van der Waals surface area contributed by atoms with E-state index in [2.05, 4.69) is 15.0 Å². The maximum absolute atomic E-state index is 11.3. The van der Waals surface area contributed by atoms with Crippen molar-refractivity contribution < 1.29 is 0 Å². The lowest BCUT2D eigenvalue weighted by atomic mass is 10.2. The van der Waals surface area contributed by atoms with E-state index in [4.69, 9.17) is 0 Å². The Hall–Kier alpha value is -1.71. The van der Waals surface area contributed by atoms with Gasteiger partial charge < -0.3 is 4.98 Å². The minimum atomic E-state index is -0.161. The molecule has 2 aromatic rings. The fourth-order valence-corrected chi connectivity index (χ4v) is 1.36. The van der Waals surface area contributed by atoms with E-state index in [-0.39, 0.29) is 5.56 Å². The van der Waals surface area contributed by atoms with E-state index in [1.165, 1.54) is 0 Å². The Bertz CT molecular complexity index is 516. The summed E-state index contributed by atoms with van der Waals surface area (Å²) >= 11 is 0. The van der Waals surface area contributed by atoms with Crippen LogP contribution in [0.3, 0.4) is 0 Å². The van der Waals surface area contributed by atoms with Gasteiger partial charge in [0.05, 0.1) is 0 Å². The molecule has 66 valence electrons. The van der Waals surface area contributed by atoms with Crippen molar-refractivity contribution >= 4 is 10.9 Å². The number of pyridine rings is 1. The summed E-state index contributed by atoms with van der Waals surface area (Å²) in [4.78, 5) is 22.2. The third-order valence-electron chi connectivity index (χ3n) is 1.93. The normalized spacial score (nSPS) is 10.6. The van der Waals surface area contributed by atoms with Gasteiger partial charge in [0.15, 0.2) is 0 Å². The summed E-state index contributed by atoms with van der Waals surface area (Å²) in [5, 5.41) is 0.814. The summed E-state index contributed by atoms with van der Waals surface area (Å²) < 4.78 is 0. The smallest absolute Gasteiger partial charge is 0.274 e. The molecule has 0 saturated carbocycles. The molecule has 0 amide bonds. The van der Waals surface area contributed by atoms with E-state index in [0.717, 1.165) is 11.1 Å². The van der Waals surface area contributed by atoms with Gasteiger partial charge in [-0.1, -0.05) is 0 Å². The standard InChI is InChI=1S/C9H9N3O/c1-5-7-3-4-10-9(13)8(7)12-6(2)11-5/h3-4H,1-2H3,(H,10,13). The summed E-state index contributed by atoms with van der Waals surface area (Å²) in [6, 6.07) is 1.81. The molecule has 0 saturated heterocycles. The number of aromatic nitrogens is 3. The molecule has 0 radical (unpaired) electrons. The Labute approximate surface area is 74.7 Å². The molecular formula is C9H9N3O. The van der Waals surface area contributed by atoms with E-state index < -0.39 is 0 Å². The lowest BCUT2D eigenvalue weighted by Gasteiger charge is -2.00. The van der Waals surface area contributed by atoms with E-state index in [1.54, 1.807) is 13.1 Å². The topological polar surface area (TPSA) is 58.6 Å². The monoisotopic (exact) mass is 175 g/mol. The Morgan fingerprint density at radius 3 is 2.85 bits per heavy atom. The molecule has 2 rings (SSSR count). The van der Waals surface area contributed by atoms with Crippen molar-refractivity contribution in [2.75, 3.05) is 0 Å². The van der Waals surface area contributed by atoms with Crippen LogP contribution in [0, 0.1) is 13.8 Å². The molecule has 4 nitrogen and oxygen atoms in total. The van der Waals surface area contributed by atoms with Gasteiger partial charge in [-0.2, -0.15) is 0 Å². The molecule has 4 heteroatoms. The highest BCUT2D eigenvalue weighted by Gasteiger charge is 2.03. The molecule has 0 spiro atoms. The van der Waals surface area contributed by atoms with Gasteiger partial charge in [-0.05, 0) is 19.9 Å². The zero-order valence-corrected chi connectivity index (χ0v) is 7.46. The van der Waals surface area contributed by atoms with Crippen molar-refractivity contribution in [1.82, 2.24) is 15.0 Å². The van der Waals surface area contributed by atoms with Crippen LogP contribution in [0.1, 0.15) is 11.5 Å². The number of fused-ring (bicyclic) bond motifs is 1. The highest BCUT2D eigenvalue weighted by atomic mass is 16.1. The lowest BCUT2D eigenvalue weighted by Crippen LogP contribution is -2.08. The second-order valence-electron chi connectivity index (χ2n) is 2.93. The number of aryl methyl sites for hydroxylation is 2. The molecule has 13 heavy (non-hydrogen) atoms. The summed E-state index contributed by atoms with van der Waals surface area (Å²) in [6.07, 6.45) is 1.61. The van der Waals surface area contributed by atoms with Crippen LogP contribution in [0.25, 0.3) is 10.9 Å². The van der Waals surface area contributed by atoms with Crippen LogP contribution in [0.2, 0.25) is 0 Å². The number of aromatic amines is 1. The Kier molecular flexibility index (Phi) is 1.62. The van der Waals surface area contributed by atoms with Gasteiger partial charge in [-0.15, -0.1) is 0 Å². The van der Waals surface area contributed by atoms with Gasteiger partial charge in [0.1, 0.15) is 11.3 Å². The Balaban J connectivity index is 3.03. The number of hydrogen-bond acceptors (Lipinski definition) is 3. The van der Waals surface area contributed by atoms with E-state index in [1.807, 2.05) is 13.0 Å². The molecule has 0 unspecified atom stereocenters. The van der Waals surface area contributed by atoms with Crippen LogP contribution in [0.5, 0.6) is 0 Å². The summed E-state index contributed by atoms with van der Waals surface area (Å²) in [7, 11) is 0. The third kappa shape index (κ3) is 1.20. The molecule has 0 fully saturated rings. The first-order valence-electron chi connectivity index (χ1n) is 4.01. The van der Waals surface area contributed by atoms with Crippen molar-refractivity contribution in [3.63, 3.8) is 0 Å². The van der Waals surface area contributed by atoms with Crippen molar-refractivity contribution in [3.05, 3.63) is 34.1 Å². The van der Waals surface area contributed by atoms with Gasteiger partial charge >= 0.3 is 0 Å². The SMILES string of the molecule is Cc1nc(C)c2cc[nH]c(=O)c2n1. The molecular weight excluding hydrogens is 166 g/mol. The predicted octanol–water partition coefficient (Wildman–Crippen LogP) is 0.935. The largest absolute Gasteiger partial charge is 0.327 e. The van der Waals surface area contributed by atoms with Crippen LogP contribution in [0.15, 0.2) is 17.1 Å². The number of nitrogens with zero attached hydrogens (tertiary/aromatic N) is 2. The van der Waals surface area contributed by atoms with Crippen molar-refractivity contribution in [3.8, 4) is 0 Å². The summed E-state index contributed by atoms with van der Waals surface area (Å²) in [5.74, 6) is 0.627. The highest BCUT2D eigenvalue weighted by molar-refractivity contribution is 5.79. The maximum Gasteiger partial charge on any atom is 0.274 e. The first kappa shape index (κ1) is 7.91. The van der Waals surface area contributed by atoms with Gasteiger partial charge in [-0.3, -0.25) is 4.79 Å². The fraction of sp³-hybridized carbons (Fsp3) is 0.222. The second-order valence-corrected chi connectivity index (χ2v) is 2.93. The molecule has 1 N–H and O–H groups in total. The van der Waals surface area contributed by atoms with Crippen LogP contribution in [-0.2, 0) is 0 Å². The molecule has 0 aliphatic heterocycles. The lowest BCUT2D eigenvalue weighted by molar-refractivity contribution is 1.04. The van der Waals surface area contributed by atoms with Crippen molar-refractivity contribution in [1.29, 1.82) is 0 Å². The summed E-state index contributed by atoms with van der Waals surface area (Å²) in [5.41, 5.74) is 1.15. The highest BCUT2D eigenvalue weighted by Crippen LogP contribution is 2.09. The maximum atomic E-state index is 11.3. The van der Waals surface area contributed by atoms with Crippen LogP contribution in [0.4, 0.5) is 0 Å². The molecule has 2 aromatic heterocycles. The van der Waals surface area contributed by atoms with Crippen molar-refractivity contribution in [2.24, 2.45) is 0 Å². The predicted molar refractivity (Wildman–Crippen MR) is 49.6 cm³/mol. The van der Waals surface area contributed by atoms with Crippen LogP contribution in [-0.4, -0.2) is 15.0 Å². The third-order valence-corrected chi connectivity index (χ3v) is 1.93. The van der Waals surface area contributed by atoms with E-state index >= 15 is 0 Å². The van der Waals surface area contributed by atoms with E-state index in [9.17, 15) is 4.79 Å². The first-order chi connectivity index (χ1) is 6.18. The Morgan fingerprint density at radius 2 is 2.08 bits per heavy atom. The molecule has 0 aliphatic carbocycles. The minimum absolute atomic E-state index is 0.161. The average molecular weight is 175 g/mol. The average Bonchev–Trinajstić information content (AvgIpc) is 2.07. The minimum Gasteiger partial charge on any atom is -0.327 e. The van der Waals surface area contributed by atoms with Crippen LogP contribution >= 0.6 is 0 Å². The second kappa shape index (κ2) is 2.65. The van der Waals surface area contributed by atoms with Gasteiger partial charge in [0.25, 0.3) is 5.56 Å². The Morgan fingerprint density at radius 1 is 1.31 bits per heavy atom. The zero-order chi connectivity index (χ0) is 9.42. The van der Waals surface area contributed by atoms with Gasteiger partial charge in [0, 0.05) is 17.3 Å². The zero-order valence-electron chi connectivity index (χ0n) is 7.46. The molecule has 2 heterocycles. The molecule has 0 aliphatic rings. The van der Waals surface area contributed by atoms with E-state index in [0.29, 0.717) is 11.3 Å². The first-order valence-corrected chi connectivity index (χ1v) is 4.01. The number of nitrogens with one attached hydrogen (secondary N) is 1. The number of rotatable bonds is 0. The molecule has 0 atom stereocenters. The van der Waals surface area contributed by atoms with Gasteiger partial charge in [0.2, 0.25) is 0 Å². The molecule has 0 bridgehead atoms. The molecule has 0 aromatic carbocycles.